The van der Waals surface area contributed by atoms with E-state index in [1.807, 2.05) is 0 Å². The molecule has 0 saturated heterocycles. The topological polar surface area (TPSA) is 47.3 Å². The van der Waals surface area contributed by atoms with Crippen molar-refractivity contribution < 1.29 is 4.74 Å². The van der Waals surface area contributed by atoms with Crippen molar-refractivity contribution in [3.63, 3.8) is 0 Å². The first kappa shape index (κ1) is 12.9. The summed E-state index contributed by atoms with van der Waals surface area (Å²) in [6.45, 7) is 9.12. The Morgan fingerprint density at radius 2 is 1.85 bits per heavy atom. The van der Waals surface area contributed by atoms with E-state index in [-0.39, 0.29) is 6.10 Å². The molecule has 3 heteroatoms. The van der Waals surface area contributed by atoms with Gasteiger partial charge in [0.05, 0.1) is 6.10 Å². The van der Waals surface area contributed by atoms with E-state index in [9.17, 15) is 0 Å². The van der Waals surface area contributed by atoms with Crippen LogP contribution < -0.4 is 11.1 Å². The Hall–Kier alpha value is -0.120. The highest BCUT2D eigenvalue weighted by Gasteiger charge is 2.10. The van der Waals surface area contributed by atoms with Crippen molar-refractivity contribution in [3.8, 4) is 0 Å². The van der Waals surface area contributed by atoms with E-state index in [0.717, 1.165) is 19.6 Å². The zero-order chi connectivity index (χ0) is 10.3. The minimum absolute atomic E-state index is 0.283. The van der Waals surface area contributed by atoms with Gasteiger partial charge < -0.3 is 15.8 Å². The van der Waals surface area contributed by atoms with Gasteiger partial charge in [-0.3, -0.25) is 0 Å². The molecule has 0 aromatic rings. The molecule has 0 saturated carbocycles. The number of nitrogens with two attached hydrogens (primary N) is 1. The second-order valence-corrected chi connectivity index (χ2v) is 3.94. The Labute approximate surface area is 82.0 Å². The van der Waals surface area contributed by atoms with E-state index >= 15 is 0 Å². The van der Waals surface area contributed by atoms with E-state index in [4.69, 9.17) is 10.5 Å². The van der Waals surface area contributed by atoms with Gasteiger partial charge in [-0.05, 0) is 31.8 Å². The van der Waals surface area contributed by atoms with Crippen molar-refractivity contribution in [1.29, 1.82) is 0 Å². The van der Waals surface area contributed by atoms with Crippen LogP contribution in [0.3, 0.4) is 0 Å². The molecule has 3 nitrogen and oxygen atoms in total. The Balaban J connectivity index is 3.49. The van der Waals surface area contributed by atoms with Crippen molar-refractivity contribution in [2.75, 3.05) is 26.7 Å². The molecule has 2 atom stereocenters. The average molecular weight is 188 g/mol. The van der Waals surface area contributed by atoms with Gasteiger partial charge in [-0.2, -0.15) is 0 Å². The van der Waals surface area contributed by atoms with Crippen molar-refractivity contribution in [3.05, 3.63) is 0 Å². The van der Waals surface area contributed by atoms with Gasteiger partial charge in [0.1, 0.15) is 0 Å². The Kier molecular flexibility index (Phi) is 7.23. The van der Waals surface area contributed by atoms with Crippen LogP contribution in [0.25, 0.3) is 0 Å². The molecule has 0 heterocycles. The van der Waals surface area contributed by atoms with Crippen molar-refractivity contribution >= 4 is 0 Å². The van der Waals surface area contributed by atoms with Crippen LogP contribution in [0.1, 0.15) is 20.8 Å². The third-order valence-electron chi connectivity index (χ3n) is 2.49. The molecular formula is C10H24N2O. The molecule has 0 aromatic carbocycles. The van der Waals surface area contributed by atoms with Crippen LogP contribution in [-0.2, 0) is 4.74 Å². The maximum Gasteiger partial charge on any atom is 0.0667 e. The minimum Gasteiger partial charge on any atom is -0.380 e. The SMILES string of the molecule is COC(C)CNCC(CN)C(C)C. The lowest BCUT2D eigenvalue weighted by atomic mass is 9.96. The summed E-state index contributed by atoms with van der Waals surface area (Å²) in [7, 11) is 1.73. The van der Waals surface area contributed by atoms with Crippen molar-refractivity contribution in [1.82, 2.24) is 5.32 Å². The van der Waals surface area contributed by atoms with E-state index in [2.05, 4.69) is 26.1 Å². The van der Waals surface area contributed by atoms with Gasteiger partial charge in [0, 0.05) is 13.7 Å². The number of nitrogens with one attached hydrogen (secondary N) is 1. The molecule has 0 aliphatic heterocycles. The maximum absolute atomic E-state index is 5.65. The fourth-order valence-corrected chi connectivity index (χ4v) is 1.15. The lowest BCUT2D eigenvalue weighted by molar-refractivity contribution is 0.115. The lowest BCUT2D eigenvalue weighted by Crippen LogP contribution is -2.35. The summed E-state index contributed by atoms with van der Waals surface area (Å²) >= 11 is 0. The first-order chi connectivity index (χ1) is 6.11. The highest BCUT2D eigenvalue weighted by Crippen LogP contribution is 2.07. The minimum atomic E-state index is 0.283. The number of hydrogen-bond donors (Lipinski definition) is 2. The molecule has 0 amide bonds. The number of rotatable bonds is 7. The Morgan fingerprint density at radius 1 is 1.23 bits per heavy atom. The Bertz CT molecular complexity index is 117. The summed E-state index contributed by atoms with van der Waals surface area (Å²) in [5, 5.41) is 3.36. The average Bonchev–Trinajstić information content (AvgIpc) is 2.11. The van der Waals surface area contributed by atoms with E-state index < -0.39 is 0 Å². The summed E-state index contributed by atoms with van der Waals surface area (Å²) in [4.78, 5) is 0. The largest absolute Gasteiger partial charge is 0.380 e. The summed E-state index contributed by atoms with van der Waals surface area (Å²) in [6.07, 6.45) is 0.283. The molecule has 0 bridgehead atoms. The molecule has 3 N–H and O–H groups in total. The molecule has 0 radical (unpaired) electrons. The molecular weight excluding hydrogens is 164 g/mol. The summed E-state index contributed by atoms with van der Waals surface area (Å²) < 4.78 is 5.13. The highest BCUT2D eigenvalue weighted by molar-refractivity contribution is 4.67. The van der Waals surface area contributed by atoms with E-state index in [1.165, 1.54) is 0 Å². The van der Waals surface area contributed by atoms with Gasteiger partial charge in [-0.1, -0.05) is 13.8 Å². The molecule has 2 unspecified atom stereocenters. The van der Waals surface area contributed by atoms with Gasteiger partial charge in [0.25, 0.3) is 0 Å². The van der Waals surface area contributed by atoms with Gasteiger partial charge in [0.2, 0.25) is 0 Å². The van der Waals surface area contributed by atoms with E-state index in [1.54, 1.807) is 7.11 Å². The lowest BCUT2D eigenvalue weighted by Gasteiger charge is -2.20. The number of hydrogen-bond acceptors (Lipinski definition) is 3. The second kappa shape index (κ2) is 7.30. The molecule has 0 aliphatic carbocycles. The number of methoxy groups -OCH3 is 1. The van der Waals surface area contributed by atoms with Gasteiger partial charge >= 0.3 is 0 Å². The van der Waals surface area contributed by atoms with Crippen LogP contribution in [0.5, 0.6) is 0 Å². The van der Waals surface area contributed by atoms with Gasteiger partial charge in [-0.25, -0.2) is 0 Å². The quantitative estimate of drug-likeness (QED) is 0.622. The molecule has 0 fully saturated rings. The van der Waals surface area contributed by atoms with Crippen LogP contribution in [0, 0.1) is 11.8 Å². The van der Waals surface area contributed by atoms with Crippen LogP contribution in [-0.4, -0.2) is 32.8 Å². The fourth-order valence-electron chi connectivity index (χ4n) is 1.15. The van der Waals surface area contributed by atoms with Gasteiger partial charge in [-0.15, -0.1) is 0 Å². The molecule has 80 valence electrons. The van der Waals surface area contributed by atoms with Gasteiger partial charge in [0.15, 0.2) is 0 Å². The monoisotopic (exact) mass is 188 g/mol. The summed E-state index contributed by atoms with van der Waals surface area (Å²) in [5.74, 6) is 1.22. The maximum atomic E-state index is 5.65. The smallest absolute Gasteiger partial charge is 0.0667 e. The predicted molar refractivity (Wildman–Crippen MR) is 56.7 cm³/mol. The number of ether oxygens (including phenoxy) is 1. The predicted octanol–water partition coefficient (Wildman–Crippen LogP) is 0.842. The second-order valence-electron chi connectivity index (χ2n) is 3.94. The third kappa shape index (κ3) is 6.02. The normalized spacial score (nSPS) is 16.2. The molecule has 0 spiro atoms. The van der Waals surface area contributed by atoms with E-state index in [0.29, 0.717) is 11.8 Å². The first-order valence-corrected chi connectivity index (χ1v) is 5.05. The van der Waals surface area contributed by atoms with Crippen LogP contribution in [0.2, 0.25) is 0 Å². The summed E-state index contributed by atoms with van der Waals surface area (Å²) in [5.41, 5.74) is 5.65. The standard InChI is InChI=1S/C10H24N2O/c1-8(2)10(5-11)7-12-6-9(3)13-4/h8-10,12H,5-7,11H2,1-4H3. The van der Waals surface area contributed by atoms with Crippen LogP contribution in [0.4, 0.5) is 0 Å². The molecule has 0 aliphatic rings. The zero-order valence-corrected chi connectivity index (χ0v) is 9.34. The molecule has 0 rings (SSSR count). The zero-order valence-electron chi connectivity index (χ0n) is 9.34. The third-order valence-corrected chi connectivity index (χ3v) is 2.49. The fraction of sp³-hybridized carbons (Fsp3) is 1.00. The summed E-state index contributed by atoms with van der Waals surface area (Å²) in [6, 6.07) is 0. The Morgan fingerprint density at radius 3 is 2.23 bits per heavy atom. The molecule has 0 aromatic heterocycles. The van der Waals surface area contributed by atoms with Crippen LogP contribution in [0.15, 0.2) is 0 Å². The van der Waals surface area contributed by atoms with Crippen LogP contribution >= 0.6 is 0 Å². The first-order valence-electron chi connectivity index (χ1n) is 5.05. The van der Waals surface area contributed by atoms with Crippen molar-refractivity contribution in [2.45, 2.75) is 26.9 Å². The highest BCUT2D eigenvalue weighted by atomic mass is 16.5. The molecule has 13 heavy (non-hydrogen) atoms. The van der Waals surface area contributed by atoms with Crippen molar-refractivity contribution in [2.24, 2.45) is 17.6 Å².